The number of aryl methyl sites for hydroxylation is 1. The molecule has 0 spiro atoms. The normalized spacial score (nSPS) is 17.5. The van der Waals surface area contributed by atoms with Crippen molar-refractivity contribution < 1.29 is 0 Å². The van der Waals surface area contributed by atoms with Gasteiger partial charge in [0, 0.05) is 60.6 Å². The number of hydrogen-bond acceptors (Lipinski definition) is 4. The largest absolute Gasteiger partial charge is 0.369 e. The minimum Gasteiger partial charge on any atom is -0.369 e. The Hall–Kier alpha value is -3.05. The maximum Gasteiger partial charge on any atom is 0.258 e. The van der Waals surface area contributed by atoms with Crippen LogP contribution in [0, 0.1) is 6.92 Å². The summed E-state index contributed by atoms with van der Waals surface area (Å²) in [4.78, 5) is 20.6. The lowest BCUT2D eigenvalue weighted by atomic mass is 9.91. The van der Waals surface area contributed by atoms with E-state index in [1.807, 2.05) is 30.3 Å². The summed E-state index contributed by atoms with van der Waals surface area (Å²) in [7, 11) is 0. The molecule has 2 N–H and O–H groups in total. The molecule has 0 atom stereocenters. The molecule has 2 fully saturated rings. The van der Waals surface area contributed by atoms with Gasteiger partial charge in [0.05, 0.1) is 5.56 Å². The first-order valence-corrected chi connectivity index (χ1v) is 11.3. The van der Waals surface area contributed by atoms with Gasteiger partial charge in [-0.1, -0.05) is 37.3 Å². The summed E-state index contributed by atoms with van der Waals surface area (Å²) in [6.45, 7) is 10.8. The summed E-state index contributed by atoms with van der Waals surface area (Å²) >= 11 is 0. The molecule has 0 bridgehead atoms. The van der Waals surface area contributed by atoms with Crippen molar-refractivity contribution in [1.29, 1.82) is 0 Å². The zero-order chi connectivity index (χ0) is 21.4. The van der Waals surface area contributed by atoms with Gasteiger partial charge in [0.15, 0.2) is 0 Å². The molecular weight excluding hydrogens is 384 g/mol. The van der Waals surface area contributed by atoms with Crippen LogP contribution >= 0.6 is 0 Å². The van der Waals surface area contributed by atoms with Gasteiger partial charge in [-0.25, -0.2) is 0 Å². The molecule has 1 aromatic rings. The van der Waals surface area contributed by atoms with Gasteiger partial charge >= 0.3 is 0 Å². The first-order chi connectivity index (χ1) is 15.1. The molecule has 5 rings (SSSR count). The molecule has 2 aliphatic carbocycles. The predicted octanol–water partition coefficient (Wildman–Crippen LogP) is 4.55. The van der Waals surface area contributed by atoms with Crippen LogP contribution in [-0.4, -0.2) is 42.1 Å². The minimum absolute atomic E-state index is 0.114. The second-order valence-corrected chi connectivity index (χ2v) is 8.78. The van der Waals surface area contributed by atoms with Crippen molar-refractivity contribution in [1.82, 2.24) is 9.88 Å². The standard InChI is InChI=1S/C26H30N4O/c1-18-17-21(30-15-13-29(14-16-30)20-7-6-8-20)11-12-23(18)27-19(2)25-22-9-4-3-5-10-24(22)28-26(25)31/h3-5,9-12,17,20,27H,2,6-8,13-16H2,1H3,(H,28,31). The van der Waals surface area contributed by atoms with E-state index in [0.717, 1.165) is 54.7 Å². The summed E-state index contributed by atoms with van der Waals surface area (Å²) in [5, 5.41) is 3.38. The second kappa shape index (κ2) is 8.23. The van der Waals surface area contributed by atoms with Gasteiger partial charge in [-0.2, -0.15) is 0 Å². The van der Waals surface area contributed by atoms with E-state index in [1.54, 1.807) is 0 Å². The number of aromatic amines is 1. The van der Waals surface area contributed by atoms with Gasteiger partial charge in [-0.15, -0.1) is 0 Å². The molecule has 4 aliphatic rings. The van der Waals surface area contributed by atoms with Crippen LogP contribution in [0.3, 0.4) is 0 Å². The summed E-state index contributed by atoms with van der Waals surface area (Å²) < 4.78 is 0. The Balaban J connectivity index is 1.30. The molecule has 0 radical (unpaired) electrons. The fourth-order valence-corrected chi connectivity index (χ4v) is 4.79. The van der Waals surface area contributed by atoms with E-state index in [0.29, 0.717) is 11.3 Å². The zero-order valence-electron chi connectivity index (χ0n) is 18.2. The monoisotopic (exact) mass is 414 g/mol. The van der Waals surface area contributed by atoms with E-state index in [4.69, 9.17) is 0 Å². The number of anilines is 2. The zero-order valence-corrected chi connectivity index (χ0v) is 18.2. The third-order valence-corrected chi connectivity index (χ3v) is 6.85. The summed E-state index contributed by atoms with van der Waals surface area (Å²) in [5.74, 6) is 0. The number of aromatic nitrogens is 1. The van der Waals surface area contributed by atoms with Crippen LogP contribution in [0.25, 0.3) is 17.0 Å². The minimum atomic E-state index is -0.114. The number of hydrogen-bond donors (Lipinski definition) is 2. The fraction of sp³-hybridized carbons (Fsp3) is 0.346. The molecule has 1 aromatic carbocycles. The van der Waals surface area contributed by atoms with E-state index in [2.05, 4.69) is 51.8 Å². The number of benzene rings is 1. The maximum absolute atomic E-state index is 12.6. The molecule has 0 amide bonds. The van der Waals surface area contributed by atoms with Gasteiger partial charge in [0.25, 0.3) is 5.56 Å². The molecule has 1 saturated heterocycles. The van der Waals surface area contributed by atoms with Crippen molar-refractivity contribution in [3.63, 3.8) is 0 Å². The average molecular weight is 415 g/mol. The van der Waals surface area contributed by atoms with Gasteiger partial charge in [-0.05, 0) is 49.6 Å². The van der Waals surface area contributed by atoms with Crippen LogP contribution in [0.4, 0.5) is 11.4 Å². The molecule has 160 valence electrons. The summed E-state index contributed by atoms with van der Waals surface area (Å²) in [5.41, 5.74) is 6.21. The second-order valence-electron chi connectivity index (χ2n) is 8.78. The highest BCUT2D eigenvalue weighted by Crippen LogP contribution is 2.30. The lowest BCUT2D eigenvalue weighted by Crippen LogP contribution is -2.52. The fourth-order valence-electron chi connectivity index (χ4n) is 4.79. The van der Waals surface area contributed by atoms with Crippen molar-refractivity contribution in [2.75, 3.05) is 36.4 Å². The van der Waals surface area contributed by atoms with Crippen LogP contribution < -0.4 is 15.8 Å². The van der Waals surface area contributed by atoms with Crippen molar-refractivity contribution in [2.24, 2.45) is 0 Å². The Morgan fingerprint density at radius 1 is 1.06 bits per heavy atom. The molecule has 2 aliphatic heterocycles. The van der Waals surface area contributed by atoms with Gasteiger partial charge in [0.2, 0.25) is 0 Å². The Labute approximate surface area is 183 Å². The van der Waals surface area contributed by atoms with Crippen LogP contribution in [-0.2, 0) is 0 Å². The van der Waals surface area contributed by atoms with Gasteiger partial charge < -0.3 is 15.2 Å². The van der Waals surface area contributed by atoms with E-state index in [1.165, 1.54) is 24.9 Å². The molecule has 0 aromatic heterocycles. The molecule has 0 unspecified atom stereocenters. The third-order valence-electron chi connectivity index (χ3n) is 6.85. The molecule has 1 saturated carbocycles. The van der Waals surface area contributed by atoms with E-state index >= 15 is 0 Å². The smallest absolute Gasteiger partial charge is 0.258 e. The highest BCUT2D eigenvalue weighted by molar-refractivity contribution is 5.86. The first kappa shape index (κ1) is 19.9. The lowest BCUT2D eigenvalue weighted by molar-refractivity contribution is 0.120. The lowest BCUT2D eigenvalue weighted by Gasteiger charge is -2.43. The molecule has 5 nitrogen and oxygen atoms in total. The molecule has 2 heterocycles. The number of fused-ring (bicyclic) bond motifs is 1. The van der Waals surface area contributed by atoms with Crippen LogP contribution in [0.1, 0.15) is 30.4 Å². The Bertz CT molecular complexity index is 1120. The highest BCUT2D eigenvalue weighted by atomic mass is 16.1. The Kier molecular flexibility index (Phi) is 5.28. The van der Waals surface area contributed by atoms with E-state index in [9.17, 15) is 4.79 Å². The SMILES string of the molecule is C=C(Nc1ccc(N2CCN(C3CCC3)CC2)cc1C)c1c2cccccc-2[nH]c1=O. The van der Waals surface area contributed by atoms with Crippen LogP contribution in [0.5, 0.6) is 0 Å². The summed E-state index contributed by atoms with van der Waals surface area (Å²) in [6.07, 6.45) is 4.15. The Morgan fingerprint density at radius 2 is 1.84 bits per heavy atom. The number of rotatable bonds is 5. The third kappa shape index (κ3) is 3.86. The Morgan fingerprint density at radius 3 is 2.55 bits per heavy atom. The maximum atomic E-state index is 12.6. The topological polar surface area (TPSA) is 51.4 Å². The van der Waals surface area contributed by atoms with Crippen LogP contribution in [0.2, 0.25) is 0 Å². The molecular formula is C26H30N4O. The predicted molar refractivity (Wildman–Crippen MR) is 129 cm³/mol. The van der Waals surface area contributed by atoms with E-state index in [-0.39, 0.29) is 5.56 Å². The van der Waals surface area contributed by atoms with E-state index < -0.39 is 0 Å². The first-order valence-electron chi connectivity index (χ1n) is 11.3. The number of nitrogens with one attached hydrogen (secondary N) is 2. The summed E-state index contributed by atoms with van der Waals surface area (Å²) in [6, 6.07) is 17.0. The average Bonchev–Trinajstić information content (AvgIpc) is 2.88. The van der Waals surface area contributed by atoms with Crippen molar-refractivity contribution >= 4 is 17.1 Å². The number of piperazine rings is 1. The van der Waals surface area contributed by atoms with Gasteiger partial charge in [-0.3, -0.25) is 9.69 Å². The van der Waals surface area contributed by atoms with Gasteiger partial charge in [0.1, 0.15) is 0 Å². The molecule has 5 heteroatoms. The van der Waals surface area contributed by atoms with Crippen LogP contribution in [0.15, 0.2) is 59.9 Å². The highest BCUT2D eigenvalue weighted by Gasteiger charge is 2.28. The van der Waals surface area contributed by atoms with Crippen molar-refractivity contribution in [2.45, 2.75) is 32.2 Å². The quantitative estimate of drug-likeness (QED) is 0.643. The van der Waals surface area contributed by atoms with Crippen molar-refractivity contribution in [3.05, 3.63) is 76.6 Å². The van der Waals surface area contributed by atoms with Crippen molar-refractivity contribution in [3.8, 4) is 11.3 Å². The number of nitrogens with zero attached hydrogens (tertiary/aromatic N) is 2. The molecule has 31 heavy (non-hydrogen) atoms. The number of H-pyrrole nitrogens is 1.